The van der Waals surface area contributed by atoms with Crippen LogP contribution in [0.25, 0.3) is 11.3 Å². The second kappa shape index (κ2) is 5.52. The minimum absolute atomic E-state index is 0.0217. The number of carbonyl (C=O) groups excluding carboxylic acids is 1. The summed E-state index contributed by atoms with van der Waals surface area (Å²) in [5, 5.41) is 9.72. The Hall–Kier alpha value is -2.36. The molecule has 0 saturated carbocycles. The molecule has 1 heterocycles. The molecule has 0 saturated heterocycles. The first-order valence-electron chi connectivity index (χ1n) is 6.01. The summed E-state index contributed by atoms with van der Waals surface area (Å²) in [6.07, 6.45) is 2.24. The van der Waals surface area contributed by atoms with E-state index in [0.29, 0.717) is 11.3 Å². The molecule has 1 N–H and O–H groups in total. The van der Waals surface area contributed by atoms with Gasteiger partial charge in [-0.3, -0.25) is 9.78 Å². The van der Waals surface area contributed by atoms with Gasteiger partial charge in [-0.05, 0) is 44.2 Å². The highest BCUT2D eigenvalue weighted by Gasteiger charge is 2.08. The lowest BCUT2D eigenvalue weighted by Crippen LogP contribution is -2.05. The molecular weight excluding hydrogens is 242 g/mol. The zero-order chi connectivity index (χ0) is 13.8. The third kappa shape index (κ3) is 3.10. The molecule has 0 spiro atoms. The number of rotatable bonds is 4. The van der Waals surface area contributed by atoms with Gasteiger partial charge in [0, 0.05) is 17.3 Å². The number of ether oxygens (including phenoxy) is 1. The number of pyridine rings is 1. The molecule has 0 unspecified atom stereocenters. The van der Waals surface area contributed by atoms with Crippen molar-refractivity contribution in [3.63, 3.8) is 0 Å². The second-order valence-corrected chi connectivity index (χ2v) is 4.44. The highest BCUT2D eigenvalue weighted by atomic mass is 16.5. The summed E-state index contributed by atoms with van der Waals surface area (Å²) < 4.78 is 5.52. The average Bonchev–Trinajstić information content (AvgIpc) is 2.41. The van der Waals surface area contributed by atoms with Gasteiger partial charge in [-0.2, -0.15) is 0 Å². The highest BCUT2D eigenvalue weighted by Crippen LogP contribution is 2.31. The predicted molar refractivity (Wildman–Crippen MR) is 72.5 cm³/mol. The number of aldehydes is 1. The predicted octanol–water partition coefficient (Wildman–Crippen LogP) is 3.05. The number of hydrogen-bond donors (Lipinski definition) is 1. The van der Waals surface area contributed by atoms with E-state index < -0.39 is 0 Å². The van der Waals surface area contributed by atoms with Gasteiger partial charge in [0.15, 0.2) is 17.8 Å². The summed E-state index contributed by atoms with van der Waals surface area (Å²) in [4.78, 5) is 14.8. The number of phenols is 1. The van der Waals surface area contributed by atoms with E-state index in [-0.39, 0.29) is 11.9 Å². The molecule has 0 atom stereocenters. The van der Waals surface area contributed by atoms with Crippen molar-refractivity contribution in [1.29, 1.82) is 0 Å². The Balaban J connectivity index is 2.36. The molecular formula is C15H15NO3. The lowest BCUT2D eigenvalue weighted by molar-refractivity contribution is 0.112. The first-order valence-corrected chi connectivity index (χ1v) is 6.01. The first-order chi connectivity index (χ1) is 9.10. The Labute approximate surface area is 111 Å². The molecule has 0 aliphatic rings. The fraction of sp³-hybridized carbons (Fsp3) is 0.200. The van der Waals surface area contributed by atoms with Crippen LogP contribution in [-0.2, 0) is 0 Å². The van der Waals surface area contributed by atoms with Gasteiger partial charge in [0.1, 0.15) is 0 Å². The third-order valence-corrected chi connectivity index (χ3v) is 2.54. The molecule has 2 rings (SSSR count). The fourth-order valence-corrected chi connectivity index (χ4v) is 1.67. The number of phenolic OH excluding ortho intramolecular Hbond substituents is 1. The van der Waals surface area contributed by atoms with Crippen LogP contribution in [0.4, 0.5) is 0 Å². The molecule has 1 aromatic carbocycles. The SMILES string of the molecule is CC(C)Oc1cc(-c2ccc(C=O)cn2)ccc1O. The van der Waals surface area contributed by atoms with Crippen LogP contribution in [-0.4, -0.2) is 22.5 Å². The zero-order valence-electron chi connectivity index (χ0n) is 10.8. The van der Waals surface area contributed by atoms with Crippen molar-refractivity contribution in [2.24, 2.45) is 0 Å². The fourth-order valence-electron chi connectivity index (χ4n) is 1.67. The summed E-state index contributed by atoms with van der Waals surface area (Å²) >= 11 is 0. The smallest absolute Gasteiger partial charge is 0.161 e. The molecule has 98 valence electrons. The van der Waals surface area contributed by atoms with Crippen molar-refractivity contribution in [2.75, 3.05) is 0 Å². The van der Waals surface area contributed by atoms with Gasteiger partial charge in [0.2, 0.25) is 0 Å². The number of aromatic nitrogens is 1. The maximum absolute atomic E-state index is 10.6. The minimum atomic E-state index is -0.0217. The van der Waals surface area contributed by atoms with Crippen LogP contribution < -0.4 is 4.74 Å². The van der Waals surface area contributed by atoms with Gasteiger partial charge >= 0.3 is 0 Å². The number of benzene rings is 1. The monoisotopic (exact) mass is 257 g/mol. The molecule has 0 fully saturated rings. The van der Waals surface area contributed by atoms with E-state index in [1.807, 2.05) is 13.8 Å². The van der Waals surface area contributed by atoms with Crippen LogP contribution in [0.3, 0.4) is 0 Å². The van der Waals surface area contributed by atoms with Gasteiger partial charge in [-0.1, -0.05) is 0 Å². The van der Waals surface area contributed by atoms with Gasteiger partial charge in [-0.15, -0.1) is 0 Å². The summed E-state index contributed by atoms with van der Waals surface area (Å²) in [5.41, 5.74) is 2.08. The van der Waals surface area contributed by atoms with Crippen molar-refractivity contribution >= 4 is 6.29 Å². The zero-order valence-corrected chi connectivity index (χ0v) is 10.8. The van der Waals surface area contributed by atoms with Crippen molar-refractivity contribution in [3.05, 3.63) is 42.1 Å². The Morgan fingerprint density at radius 3 is 2.63 bits per heavy atom. The van der Waals surface area contributed by atoms with Crippen molar-refractivity contribution in [1.82, 2.24) is 4.98 Å². The van der Waals surface area contributed by atoms with E-state index in [2.05, 4.69) is 4.98 Å². The van der Waals surface area contributed by atoms with E-state index >= 15 is 0 Å². The van der Waals surface area contributed by atoms with Gasteiger partial charge < -0.3 is 9.84 Å². The maximum atomic E-state index is 10.6. The molecule has 1 aromatic heterocycles. The third-order valence-electron chi connectivity index (χ3n) is 2.54. The molecule has 2 aromatic rings. The van der Waals surface area contributed by atoms with Crippen LogP contribution in [0.2, 0.25) is 0 Å². The van der Waals surface area contributed by atoms with Gasteiger partial charge in [-0.25, -0.2) is 0 Å². The number of aromatic hydroxyl groups is 1. The van der Waals surface area contributed by atoms with Crippen LogP contribution >= 0.6 is 0 Å². The van der Waals surface area contributed by atoms with Gasteiger partial charge in [0.25, 0.3) is 0 Å². The normalized spacial score (nSPS) is 10.5. The topological polar surface area (TPSA) is 59.4 Å². The molecule has 0 bridgehead atoms. The average molecular weight is 257 g/mol. The Bertz CT molecular complexity index is 576. The van der Waals surface area contributed by atoms with E-state index in [1.54, 1.807) is 30.3 Å². The van der Waals surface area contributed by atoms with Crippen LogP contribution in [0.5, 0.6) is 11.5 Å². The van der Waals surface area contributed by atoms with Gasteiger partial charge in [0.05, 0.1) is 11.8 Å². The summed E-state index contributed by atoms with van der Waals surface area (Å²) in [5.74, 6) is 0.524. The Kier molecular flexibility index (Phi) is 3.80. The lowest BCUT2D eigenvalue weighted by Gasteiger charge is -2.12. The molecule has 4 heteroatoms. The Morgan fingerprint density at radius 2 is 2.05 bits per heavy atom. The second-order valence-electron chi connectivity index (χ2n) is 4.44. The van der Waals surface area contributed by atoms with E-state index in [9.17, 15) is 9.90 Å². The Morgan fingerprint density at radius 1 is 1.26 bits per heavy atom. The molecule has 0 aliphatic carbocycles. The highest BCUT2D eigenvalue weighted by molar-refractivity contribution is 5.75. The number of carbonyl (C=O) groups is 1. The van der Waals surface area contributed by atoms with Crippen molar-refractivity contribution in [3.8, 4) is 22.8 Å². The van der Waals surface area contributed by atoms with Crippen LogP contribution in [0.1, 0.15) is 24.2 Å². The molecule has 0 amide bonds. The maximum Gasteiger partial charge on any atom is 0.161 e. The van der Waals surface area contributed by atoms with Crippen LogP contribution in [0.15, 0.2) is 36.5 Å². The van der Waals surface area contributed by atoms with E-state index in [4.69, 9.17) is 4.74 Å². The first kappa shape index (κ1) is 13.1. The molecule has 19 heavy (non-hydrogen) atoms. The summed E-state index contributed by atoms with van der Waals surface area (Å²) in [6, 6.07) is 8.52. The standard InChI is InChI=1S/C15H15NO3/c1-10(2)19-15-7-12(4-6-14(15)18)13-5-3-11(9-17)8-16-13/h3-10,18H,1-2H3. The van der Waals surface area contributed by atoms with E-state index in [1.165, 1.54) is 6.20 Å². The van der Waals surface area contributed by atoms with Crippen molar-refractivity contribution < 1.29 is 14.6 Å². The summed E-state index contributed by atoms with van der Waals surface area (Å²) in [7, 11) is 0. The largest absolute Gasteiger partial charge is 0.504 e. The summed E-state index contributed by atoms with van der Waals surface area (Å²) in [6.45, 7) is 3.78. The molecule has 4 nitrogen and oxygen atoms in total. The number of hydrogen-bond acceptors (Lipinski definition) is 4. The molecule has 0 radical (unpaired) electrons. The minimum Gasteiger partial charge on any atom is -0.504 e. The number of nitrogens with zero attached hydrogens (tertiary/aromatic N) is 1. The lowest BCUT2D eigenvalue weighted by atomic mass is 10.1. The van der Waals surface area contributed by atoms with E-state index in [0.717, 1.165) is 17.5 Å². The quantitative estimate of drug-likeness (QED) is 0.855. The molecule has 0 aliphatic heterocycles. The van der Waals surface area contributed by atoms with Crippen molar-refractivity contribution in [2.45, 2.75) is 20.0 Å². The van der Waals surface area contributed by atoms with Crippen LogP contribution in [0, 0.1) is 0 Å².